The quantitative estimate of drug-likeness (QED) is 0.526. The molecule has 0 atom stereocenters. The van der Waals surface area contributed by atoms with E-state index in [0.717, 1.165) is 0 Å². The Labute approximate surface area is 91.5 Å². The molecule has 0 amide bonds. The van der Waals surface area contributed by atoms with E-state index < -0.39 is 0 Å². The third-order valence-corrected chi connectivity index (χ3v) is 0. The zero-order valence-corrected chi connectivity index (χ0v) is 9.72. The van der Waals surface area contributed by atoms with E-state index in [1.54, 1.807) is 0 Å². The van der Waals surface area contributed by atoms with Gasteiger partial charge in [-0.05, 0) is 0 Å². The first-order valence-electron chi connectivity index (χ1n) is 0. The van der Waals surface area contributed by atoms with Gasteiger partial charge >= 0.3 is 0 Å². The molecule has 0 bridgehead atoms. The Kier molecular flexibility index (Phi) is 254. The Morgan fingerprint density at radius 2 is 1.00 bits per heavy atom. The SMILES string of the molecule is [Co].[Cu].[Mg].[Ni].[Zn]. The summed E-state index contributed by atoms with van der Waals surface area (Å²) in [6.45, 7) is 0. The fourth-order valence-electron chi connectivity index (χ4n) is 0. The van der Waals surface area contributed by atoms with Crippen molar-refractivity contribution in [2.24, 2.45) is 0 Å². The molecule has 4 radical (unpaired) electrons. The van der Waals surface area contributed by atoms with Crippen LogP contribution in [0.2, 0.25) is 0 Å². The van der Waals surface area contributed by atoms with Crippen molar-refractivity contribution in [1.82, 2.24) is 0 Å². The van der Waals surface area contributed by atoms with Crippen molar-refractivity contribution in [2.45, 2.75) is 0 Å². The molecule has 0 rings (SSSR count). The summed E-state index contributed by atoms with van der Waals surface area (Å²) in [5.41, 5.74) is 0. The minimum atomic E-state index is 0. The molecule has 0 aromatic heterocycles. The summed E-state index contributed by atoms with van der Waals surface area (Å²) >= 11 is 0. The molecule has 0 aliphatic heterocycles. The maximum absolute atomic E-state index is 0. The van der Waals surface area contributed by atoms with Gasteiger partial charge < -0.3 is 0 Å². The van der Waals surface area contributed by atoms with Gasteiger partial charge in [0, 0.05) is 92.9 Å². The molecule has 0 saturated carbocycles. The Balaban J connectivity index is 0. The molecule has 0 aliphatic rings. The zero-order chi connectivity index (χ0) is 0. The van der Waals surface area contributed by atoms with Crippen LogP contribution in [0.5, 0.6) is 0 Å². The predicted molar refractivity (Wildman–Crippen MR) is 5.75 cm³/mol. The first-order chi connectivity index (χ1) is 0. The summed E-state index contributed by atoms with van der Waals surface area (Å²) in [5.74, 6) is 0. The fraction of sp³-hybridized carbons (Fsp3) is 0. The maximum Gasteiger partial charge on any atom is 0 e. The van der Waals surface area contributed by atoms with Crippen molar-refractivity contribution in [3.05, 3.63) is 0 Å². The van der Waals surface area contributed by atoms with Gasteiger partial charge in [-0.1, -0.05) is 0 Å². The van der Waals surface area contributed by atoms with E-state index in [9.17, 15) is 0 Å². The van der Waals surface area contributed by atoms with E-state index in [0.29, 0.717) is 0 Å². The van der Waals surface area contributed by atoms with E-state index in [1.165, 1.54) is 0 Å². The summed E-state index contributed by atoms with van der Waals surface area (Å²) in [6, 6.07) is 0. The number of hydrogen-bond acceptors (Lipinski definition) is 0. The van der Waals surface area contributed by atoms with E-state index >= 15 is 0 Å². The van der Waals surface area contributed by atoms with Gasteiger partial charge in [-0.15, -0.1) is 0 Å². The van der Waals surface area contributed by atoms with Crippen molar-refractivity contribution in [3.63, 3.8) is 0 Å². The summed E-state index contributed by atoms with van der Waals surface area (Å²) < 4.78 is 0. The molecule has 0 nitrogen and oxygen atoms in total. The average molecular weight is 271 g/mol. The van der Waals surface area contributed by atoms with Crippen molar-refractivity contribution in [1.29, 1.82) is 0 Å². The Hall–Kier alpha value is 2.91. The molecule has 0 aromatic rings. The van der Waals surface area contributed by atoms with E-state index in [2.05, 4.69) is 0 Å². The van der Waals surface area contributed by atoms with Gasteiger partial charge in [-0.3, -0.25) is 0 Å². The molecule has 0 aliphatic carbocycles. The third-order valence-electron chi connectivity index (χ3n) is 0. The van der Waals surface area contributed by atoms with Gasteiger partial charge in [0.05, 0.1) is 0 Å². The molecule has 5 heavy (non-hydrogen) atoms. The van der Waals surface area contributed by atoms with Gasteiger partial charge in [-0.2, -0.15) is 0 Å². The van der Waals surface area contributed by atoms with E-state index in [4.69, 9.17) is 0 Å². The Morgan fingerprint density at radius 1 is 1.00 bits per heavy atom. The number of hydrogen-bond donors (Lipinski definition) is 0. The van der Waals surface area contributed by atoms with Crippen LogP contribution in [0.3, 0.4) is 0 Å². The molecule has 0 heterocycles. The van der Waals surface area contributed by atoms with Crippen LogP contribution in [0.4, 0.5) is 0 Å². The summed E-state index contributed by atoms with van der Waals surface area (Å²) in [7, 11) is 0. The van der Waals surface area contributed by atoms with E-state index in [1.807, 2.05) is 0 Å². The van der Waals surface area contributed by atoms with Crippen LogP contribution < -0.4 is 0 Å². The summed E-state index contributed by atoms with van der Waals surface area (Å²) in [5, 5.41) is 0. The Morgan fingerprint density at radius 3 is 1.00 bits per heavy atom. The van der Waals surface area contributed by atoms with Gasteiger partial charge in [0.15, 0.2) is 0 Å². The van der Waals surface area contributed by atoms with Crippen molar-refractivity contribution >= 4 is 23.1 Å². The molecular weight excluding hydrogens is 271 g/mol. The van der Waals surface area contributed by atoms with Crippen LogP contribution in [0.15, 0.2) is 0 Å². The second-order valence-corrected chi connectivity index (χ2v) is 0. The van der Waals surface area contributed by atoms with Crippen LogP contribution in [-0.2, 0) is 69.8 Å². The molecule has 5 heteroatoms. The molecule has 34 valence electrons. The van der Waals surface area contributed by atoms with Crippen LogP contribution in [-0.4, -0.2) is 23.1 Å². The van der Waals surface area contributed by atoms with Crippen LogP contribution in [0.1, 0.15) is 0 Å². The topological polar surface area (TPSA) is 0 Å². The molecular formula is CoCuMgNiZn. The van der Waals surface area contributed by atoms with Crippen LogP contribution in [0.25, 0.3) is 0 Å². The minimum Gasteiger partial charge on any atom is 0 e. The summed E-state index contributed by atoms with van der Waals surface area (Å²) in [6.07, 6.45) is 0. The first-order valence-corrected chi connectivity index (χ1v) is 0. The van der Waals surface area contributed by atoms with Crippen LogP contribution >= 0.6 is 0 Å². The second-order valence-electron chi connectivity index (χ2n) is 0. The van der Waals surface area contributed by atoms with Gasteiger partial charge in [0.1, 0.15) is 0 Å². The van der Waals surface area contributed by atoms with Crippen molar-refractivity contribution < 1.29 is 69.8 Å². The second kappa shape index (κ2) is 28.5. The fourth-order valence-corrected chi connectivity index (χ4v) is 0. The van der Waals surface area contributed by atoms with Crippen molar-refractivity contribution in [3.8, 4) is 0 Å². The molecule has 0 unspecified atom stereocenters. The standard InChI is InChI=1S/Co.Cu.Mg.Ni.Zn. The molecule has 0 aromatic carbocycles. The van der Waals surface area contributed by atoms with E-state index in [-0.39, 0.29) is 92.9 Å². The normalized spacial score (nSPS) is 0. The third kappa shape index (κ3) is 19.7. The number of rotatable bonds is 0. The maximum atomic E-state index is 0. The minimum absolute atomic E-state index is 0. The molecule has 0 fully saturated rings. The molecule has 0 spiro atoms. The van der Waals surface area contributed by atoms with Crippen LogP contribution in [0, 0.1) is 0 Å². The van der Waals surface area contributed by atoms with Gasteiger partial charge in [-0.25, -0.2) is 0 Å². The zero-order valence-electron chi connectivity index (χ0n) is 2.37. The smallest absolute Gasteiger partial charge is 0 e. The average Bonchev–Trinajstić information content (AvgIpc) is 0. The first kappa shape index (κ1) is 44.6. The van der Waals surface area contributed by atoms with Gasteiger partial charge in [0.25, 0.3) is 0 Å². The largest absolute Gasteiger partial charge is 0 e. The monoisotopic (exact) mass is 268 g/mol. The predicted octanol–water partition coefficient (Wildman–Crippen LogP) is -0.391. The molecule has 0 saturated heterocycles. The van der Waals surface area contributed by atoms with Crippen molar-refractivity contribution in [2.75, 3.05) is 0 Å². The van der Waals surface area contributed by atoms with Gasteiger partial charge in [0.2, 0.25) is 0 Å². The summed E-state index contributed by atoms with van der Waals surface area (Å²) in [4.78, 5) is 0. The molecule has 0 N–H and O–H groups in total. The Bertz CT molecular complexity index is 11.6.